The Morgan fingerprint density at radius 3 is 2.32 bits per heavy atom. The number of carbonyl (C=O) groups is 1. The molecular weight excluding hydrogens is 452 g/mol. The molecule has 8 nitrogen and oxygen atoms in total. The van der Waals surface area contributed by atoms with Crippen LogP contribution in [0.1, 0.15) is 32.0 Å². The highest BCUT2D eigenvalue weighted by molar-refractivity contribution is 6.29. The Balaban J connectivity index is 1.48. The molecule has 0 saturated heterocycles. The molecule has 2 amide bonds. The minimum atomic E-state index is -0.384. The van der Waals surface area contributed by atoms with Crippen LogP contribution in [0.4, 0.5) is 16.3 Å². The molecule has 9 heteroatoms. The number of hydrogen-bond donors (Lipinski definition) is 2. The van der Waals surface area contributed by atoms with Crippen LogP contribution in [0.3, 0.4) is 0 Å². The summed E-state index contributed by atoms with van der Waals surface area (Å²) in [7, 11) is 0. The molecule has 4 rings (SSSR count). The third kappa shape index (κ3) is 5.71. The minimum Gasteiger partial charge on any atom is -0.439 e. The number of hydrogen-bond acceptors (Lipinski definition) is 5. The Labute approximate surface area is 203 Å². The van der Waals surface area contributed by atoms with E-state index in [2.05, 4.69) is 41.4 Å². The van der Waals surface area contributed by atoms with E-state index in [-0.39, 0.29) is 11.4 Å². The number of anilines is 2. The van der Waals surface area contributed by atoms with Crippen molar-refractivity contribution in [2.24, 2.45) is 0 Å². The second-order valence-corrected chi connectivity index (χ2v) is 9.18. The summed E-state index contributed by atoms with van der Waals surface area (Å²) in [4.78, 5) is 20.6. The third-order valence-corrected chi connectivity index (χ3v) is 5.15. The van der Waals surface area contributed by atoms with Gasteiger partial charge in [0.2, 0.25) is 5.88 Å². The van der Waals surface area contributed by atoms with E-state index >= 15 is 0 Å². The van der Waals surface area contributed by atoms with Gasteiger partial charge in [0.15, 0.2) is 0 Å². The highest BCUT2D eigenvalue weighted by Gasteiger charge is 2.21. The van der Waals surface area contributed by atoms with Gasteiger partial charge < -0.3 is 10.1 Å². The average molecular weight is 477 g/mol. The summed E-state index contributed by atoms with van der Waals surface area (Å²) in [5.74, 6) is 1.46. The molecule has 174 valence electrons. The van der Waals surface area contributed by atoms with Gasteiger partial charge in [-0.15, -0.1) is 0 Å². The normalized spacial score (nSPS) is 11.2. The van der Waals surface area contributed by atoms with Gasteiger partial charge in [-0.3, -0.25) is 5.32 Å². The molecule has 0 spiro atoms. The number of rotatable bonds is 5. The van der Waals surface area contributed by atoms with E-state index < -0.39 is 0 Å². The summed E-state index contributed by atoms with van der Waals surface area (Å²) in [6.45, 7) is 8.27. The predicted molar refractivity (Wildman–Crippen MR) is 133 cm³/mol. The van der Waals surface area contributed by atoms with Crippen molar-refractivity contribution in [3.63, 3.8) is 0 Å². The standard InChI is InChI=1S/C25H25ClN6O2/c1-16-5-9-18(10-6-16)32-22(13-20(31-32)25(2,3)4)30-24(33)29-17-7-11-19(12-8-17)34-23-14-21(26)27-15-28-23/h5-15H,1-4H3,(H2,29,30,33). The molecule has 0 unspecified atom stereocenters. The van der Waals surface area contributed by atoms with Crippen molar-refractivity contribution in [3.8, 4) is 17.3 Å². The van der Waals surface area contributed by atoms with Crippen LogP contribution >= 0.6 is 11.6 Å². The lowest BCUT2D eigenvalue weighted by atomic mass is 9.92. The molecule has 2 N–H and O–H groups in total. The van der Waals surface area contributed by atoms with E-state index in [4.69, 9.17) is 21.4 Å². The number of aromatic nitrogens is 4. The summed E-state index contributed by atoms with van der Waals surface area (Å²) in [6, 6.07) is 17.9. The molecule has 34 heavy (non-hydrogen) atoms. The maximum atomic E-state index is 12.8. The Hall–Kier alpha value is -3.91. The number of nitrogens with one attached hydrogen (secondary N) is 2. The van der Waals surface area contributed by atoms with Crippen LogP contribution in [0.5, 0.6) is 11.6 Å². The molecule has 0 aliphatic carbocycles. The molecule has 0 fully saturated rings. The van der Waals surface area contributed by atoms with E-state index in [0.717, 1.165) is 16.9 Å². The van der Waals surface area contributed by atoms with Gasteiger partial charge in [0.1, 0.15) is 23.0 Å². The van der Waals surface area contributed by atoms with Gasteiger partial charge in [-0.2, -0.15) is 5.10 Å². The number of aryl methyl sites for hydroxylation is 1. The molecule has 0 aliphatic heterocycles. The Bertz CT molecular complexity index is 1290. The molecule has 2 aromatic heterocycles. The third-order valence-electron chi connectivity index (χ3n) is 4.94. The van der Waals surface area contributed by atoms with Crippen molar-refractivity contribution in [1.82, 2.24) is 19.7 Å². The van der Waals surface area contributed by atoms with Crippen LogP contribution in [0.2, 0.25) is 5.15 Å². The summed E-state index contributed by atoms with van der Waals surface area (Å²) >= 11 is 5.85. The van der Waals surface area contributed by atoms with Crippen LogP contribution < -0.4 is 15.4 Å². The highest BCUT2D eigenvalue weighted by atomic mass is 35.5. The highest BCUT2D eigenvalue weighted by Crippen LogP contribution is 2.27. The van der Waals surface area contributed by atoms with E-state index in [0.29, 0.717) is 28.3 Å². The van der Waals surface area contributed by atoms with Crippen molar-refractivity contribution in [2.45, 2.75) is 33.1 Å². The minimum absolute atomic E-state index is 0.174. The molecule has 0 bridgehead atoms. The Morgan fingerprint density at radius 2 is 1.68 bits per heavy atom. The van der Waals surface area contributed by atoms with Crippen LogP contribution in [-0.2, 0) is 5.41 Å². The number of urea groups is 1. The number of benzene rings is 2. The summed E-state index contributed by atoms with van der Waals surface area (Å²) < 4.78 is 7.39. The topological polar surface area (TPSA) is 94.0 Å². The predicted octanol–water partition coefficient (Wildman–Crippen LogP) is 6.36. The monoisotopic (exact) mass is 476 g/mol. The van der Waals surface area contributed by atoms with Gasteiger partial charge in [0.25, 0.3) is 0 Å². The lowest BCUT2D eigenvalue weighted by Gasteiger charge is -2.14. The van der Waals surface area contributed by atoms with Crippen molar-refractivity contribution in [1.29, 1.82) is 0 Å². The molecule has 4 aromatic rings. The van der Waals surface area contributed by atoms with Crippen molar-refractivity contribution >= 4 is 29.1 Å². The van der Waals surface area contributed by atoms with E-state index in [1.54, 1.807) is 28.9 Å². The first-order valence-corrected chi connectivity index (χ1v) is 11.1. The smallest absolute Gasteiger partial charge is 0.324 e. The zero-order valence-electron chi connectivity index (χ0n) is 19.3. The molecule has 0 aliphatic rings. The first kappa shape index (κ1) is 23.3. The van der Waals surface area contributed by atoms with E-state index in [1.807, 2.05) is 37.3 Å². The van der Waals surface area contributed by atoms with Gasteiger partial charge in [0, 0.05) is 23.2 Å². The molecular formula is C25H25ClN6O2. The van der Waals surface area contributed by atoms with Gasteiger partial charge >= 0.3 is 6.03 Å². The molecule has 0 atom stereocenters. The van der Waals surface area contributed by atoms with E-state index in [9.17, 15) is 4.79 Å². The fourth-order valence-corrected chi connectivity index (χ4v) is 3.24. The second-order valence-electron chi connectivity index (χ2n) is 8.80. The number of halogens is 1. The number of nitrogens with zero attached hydrogens (tertiary/aromatic N) is 4. The Kier molecular flexibility index (Phi) is 6.51. The molecule has 2 heterocycles. The van der Waals surface area contributed by atoms with Gasteiger partial charge in [0.05, 0.1) is 11.4 Å². The summed E-state index contributed by atoms with van der Waals surface area (Å²) in [5.41, 5.74) is 3.31. The van der Waals surface area contributed by atoms with Crippen LogP contribution in [-0.4, -0.2) is 25.8 Å². The maximum Gasteiger partial charge on any atom is 0.324 e. The zero-order valence-corrected chi connectivity index (χ0v) is 20.1. The van der Waals surface area contributed by atoms with Crippen molar-refractivity contribution < 1.29 is 9.53 Å². The van der Waals surface area contributed by atoms with Crippen molar-refractivity contribution in [2.75, 3.05) is 10.6 Å². The largest absolute Gasteiger partial charge is 0.439 e. The van der Waals surface area contributed by atoms with Gasteiger partial charge in [-0.05, 0) is 43.3 Å². The lowest BCUT2D eigenvalue weighted by molar-refractivity contribution is 0.262. The first-order chi connectivity index (χ1) is 16.2. The van der Waals surface area contributed by atoms with Crippen LogP contribution in [0, 0.1) is 6.92 Å². The second kappa shape index (κ2) is 9.52. The van der Waals surface area contributed by atoms with Gasteiger partial charge in [-0.1, -0.05) is 50.1 Å². The molecule has 0 saturated carbocycles. The average Bonchev–Trinajstić information content (AvgIpc) is 3.20. The SMILES string of the molecule is Cc1ccc(-n2nc(C(C)(C)C)cc2NC(=O)Nc2ccc(Oc3cc(Cl)ncn3)cc2)cc1. The maximum absolute atomic E-state index is 12.8. The molecule has 2 aromatic carbocycles. The van der Waals surface area contributed by atoms with Crippen LogP contribution in [0.15, 0.2) is 67.0 Å². The zero-order chi connectivity index (χ0) is 24.3. The quantitative estimate of drug-likeness (QED) is 0.327. The number of carbonyl (C=O) groups excluding carboxylic acids is 1. The fourth-order valence-electron chi connectivity index (χ4n) is 3.10. The Morgan fingerprint density at radius 1 is 0.971 bits per heavy atom. The fraction of sp³-hybridized carbons (Fsp3) is 0.200. The van der Waals surface area contributed by atoms with E-state index in [1.165, 1.54) is 12.4 Å². The number of ether oxygens (including phenoxy) is 1. The molecule has 0 radical (unpaired) electrons. The van der Waals surface area contributed by atoms with Crippen LogP contribution in [0.25, 0.3) is 5.69 Å². The summed E-state index contributed by atoms with van der Waals surface area (Å²) in [6.07, 6.45) is 1.32. The first-order valence-electron chi connectivity index (χ1n) is 10.7. The van der Waals surface area contributed by atoms with Crippen molar-refractivity contribution in [3.05, 3.63) is 83.4 Å². The number of amides is 2. The summed E-state index contributed by atoms with van der Waals surface area (Å²) in [5, 5.41) is 10.8. The van der Waals surface area contributed by atoms with Gasteiger partial charge in [-0.25, -0.2) is 19.4 Å². The lowest BCUT2D eigenvalue weighted by Crippen LogP contribution is -2.21.